The fourth-order valence-electron chi connectivity index (χ4n) is 1.56. The second-order valence-electron chi connectivity index (χ2n) is 4.39. The van der Waals surface area contributed by atoms with Crippen LogP contribution in [0.5, 0.6) is 0 Å². The molecule has 134 valence electrons. The van der Waals surface area contributed by atoms with Crippen molar-refractivity contribution in [1.82, 2.24) is 0 Å². The minimum atomic E-state index is -4.00. The average Bonchev–Trinajstić information content (AvgIpc) is 2.61. The van der Waals surface area contributed by atoms with Crippen molar-refractivity contribution in [3.8, 4) is 0 Å². The predicted molar refractivity (Wildman–Crippen MR) is 89.6 cm³/mol. The number of hydrogen-bond acceptors (Lipinski definition) is 7. The molecule has 0 fully saturated rings. The quantitative estimate of drug-likeness (QED) is 0.324. The van der Waals surface area contributed by atoms with Gasteiger partial charge in [0.15, 0.2) is 0 Å². The number of hydrogen-bond donors (Lipinski definition) is 0. The van der Waals surface area contributed by atoms with Gasteiger partial charge in [-0.2, -0.15) is 8.42 Å². The number of methoxy groups -OCH3 is 1. The molecule has 0 bridgehead atoms. The second-order valence-corrected chi connectivity index (χ2v) is 6.41. The van der Waals surface area contributed by atoms with Crippen LogP contribution in [0, 0.1) is 10.1 Å². The van der Waals surface area contributed by atoms with Crippen molar-refractivity contribution in [3.63, 3.8) is 0 Å². The molecule has 0 amide bonds. The van der Waals surface area contributed by atoms with Crippen LogP contribution in [0.2, 0.25) is 5.02 Å². The highest BCUT2D eigenvalue weighted by atomic mass is 35.5. The lowest BCUT2D eigenvalue weighted by atomic mass is 10.2. The van der Waals surface area contributed by atoms with Crippen molar-refractivity contribution in [1.29, 1.82) is 0 Å². The van der Waals surface area contributed by atoms with Gasteiger partial charge in [-0.25, -0.2) is 0 Å². The van der Waals surface area contributed by atoms with Gasteiger partial charge in [0, 0.05) is 17.2 Å². The van der Waals surface area contributed by atoms with Gasteiger partial charge in [0.25, 0.3) is 22.3 Å². The molecule has 2 aromatic rings. The van der Waals surface area contributed by atoms with E-state index in [1.54, 1.807) is 24.3 Å². The van der Waals surface area contributed by atoms with Crippen LogP contribution >= 0.6 is 11.6 Å². The summed E-state index contributed by atoms with van der Waals surface area (Å²) >= 11 is 5.90. The molecule has 0 aliphatic rings. The number of benzene rings is 2. The molecule has 2 aromatic carbocycles. The van der Waals surface area contributed by atoms with E-state index in [2.05, 4.69) is 4.74 Å². The van der Waals surface area contributed by atoms with Crippen molar-refractivity contribution in [2.75, 3.05) is 7.11 Å². The molecule has 0 N–H and O–H groups in total. The zero-order valence-corrected chi connectivity index (χ0v) is 14.6. The standard InChI is InChI=1S/C13H10ClNO5S.C2H4O2/c14-13-4-2-1-3-10(13)9-20-21(18,19)12-7-5-11(6-8-12)15(16)17;1-4-2-3/h1-8H,9H2;2H,1H3. The number of carbonyl (C=O) groups excluding carboxylic acids is 1. The molecule has 10 heteroatoms. The van der Waals surface area contributed by atoms with Crippen LogP contribution < -0.4 is 0 Å². The Labute approximate surface area is 149 Å². The maximum atomic E-state index is 12.0. The monoisotopic (exact) mass is 387 g/mol. The van der Waals surface area contributed by atoms with Crippen LogP contribution in [0.1, 0.15) is 5.56 Å². The van der Waals surface area contributed by atoms with Crippen LogP contribution in [0.25, 0.3) is 0 Å². The molecule has 0 heterocycles. The fraction of sp³-hybridized carbons (Fsp3) is 0.133. The Morgan fingerprint density at radius 1 is 1.16 bits per heavy atom. The molecule has 8 nitrogen and oxygen atoms in total. The van der Waals surface area contributed by atoms with Crippen LogP contribution in [0.15, 0.2) is 53.4 Å². The Balaban J connectivity index is 0.000000705. The van der Waals surface area contributed by atoms with Gasteiger partial charge in [-0.3, -0.25) is 19.1 Å². The normalized spacial score (nSPS) is 10.3. The molecule has 0 aliphatic carbocycles. The lowest BCUT2D eigenvalue weighted by Gasteiger charge is -2.06. The summed E-state index contributed by atoms with van der Waals surface area (Å²) < 4.78 is 32.7. The van der Waals surface area contributed by atoms with Crippen LogP contribution in [-0.2, 0) is 30.4 Å². The Morgan fingerprint density at radius 3 is 2.20 bits per heavy atom. The molecular weight excluding hydrogens is 374 g/mol. The molecule has 0 aliphatic heterocycles. The van der Waals surface area contributed by atoms with Gasteiger partial charge in [0.1, 0.15) is 0 Å². The van der Waals surface area contributed by atoms with Gasteiger partial charge in [-0.05, 0) is 23.8 Å². The number of non-ortho nitro benzene ring substituents is 1. The van der Waals surface area contributed by atoms with E-state index in [1.807, 2.05) is 0 Å². The molecule has 25 heavy (non-hydrogen) atoms. The first-order valence-corrected chi connectivity index (χ1v) is 8.44. The lowest BCUT2D eigenvalue weighted by molar-refractivity contribution is -0.384. The van der Waals surface area contributed by atoms with Gasteiger partial charge >= 0.3 is 0 Å². The van der Waals surface area contributed by atoms with Gasteiger partial charge in [-0.15, -0.1) is 0 Å². The SMILES string of the molecule is COC=O.O=[N+]([O-])c1ccc(S(=O)(=O)OCc2ccccc2Cl)cc1. The summed E-state index contributed by atoms with van der Waals surface area (Å²) in [4.78, 5) is 18.7. The minimum Gasteiger partial charge on any atom is -0.471 e. The average molecular weight is 388 g/mol. The maximum absolute atomic E-state index is 12.0. The second kappa shape index (κ2) is 9.72. The first kappa shape index (κ1) is 20.6. The van der Waals surface area contributed by atoms with E-state index >= 15 is 0 Å². The highest BCUT2D eigenvalue weighted by molar-refractivity contribution is 7.86. The molecule has 0 radical (unpaired) electrons. The van der Waals surface area contributed by atoms with Crippen LogP contribution in [0.4, 0.5) is 5.69 Å². The molecule has 0 aromatic heterocycles. The summed E-state index contributed by atoms with van der Waals surface area (Å²) in [5, 5.41) is 10.9. The predicted octanol–water partition coefficient (Wildman–Crippen LogP) is 2.94. The molecular formula is C15H14ClNO7S. The Kier molecular flexibility index (Phi) is 7.99. The van der Waals surface area contributed by atoms with Gasteiger partial charge in [0.2, 0.25) is 0 Å². The summed E-state index contributed by atoms with van der Waals surface area (Å²) in [6, 6.07) is 11.2. The number of carbonyl (C=O) groups is 1. The van der Waals surface area contributed by atoms with Crippen LogP contribution in [0.3, 0.4) is 0 Å². The third-order valence-corrected chi connectivity index (χ3v) is 4.41. The molecule has 0 atom stereocenters. The number of nitro groups is 1. The van der Waals surface area contributed by atoms with Crippen LogP contribution in [-0.4, -0.2) is 26.9 Å². The van der Waals surface area contributed by atoms with E-state index in [9.17, 15) is 18.5 Å². The zero-order chi connectivity index (χ0) is 18.9. The number of rotatable bonds is 6. The summed E-state index contributed by atoms with van der Waals surface area (Å²) in [6.07, 6.45) is 0. The van der Waals surface area contributed by atoms with Gasteiger partial charge in [-0.1, -0.05) is 29.8 Å². The third kappa shape index (κ3) is 6.49. The van der Waals surface area contributed by atoms with Crippen molar-refractivity contribution in [2.45, 2.75) is 11.5 Å². The van der Waals surface area contributed by atoms with E-state index in [0.717, 1.165) is 24.3 Å². The number of nitrogens with zero attached hydrogens (tertiary/aromatic N) is 1. The van der Waals surface area contributed by atoms with Crippen molar-refractivity contribution in [3.05, 3.63) is 69.2 Å². The van der Waals surface area contributed by atoms with Gasteiger partial charge in [0.05, 0.1) is 23.5 Å². The first-order chi connectivity index (χ1) is 11.8. The van der Waals surface area contributed by atoms with E-state index in [1.165, 1.54) is 7.11 Å². The maximum Gasteiger partial charge on any atom is 0.297 e. The summed E-state index contributed by atoms with van der Waals surface area (Å²) in [6.45, 7) is 0.166. The summed E-state index contributed by atoms with van der Waals surface area (Å²) in [5.74, 6) is 0. The lowest BCUT2D eigenvalue weighted by Crippen LogP contribution is -2.06. The molecule has 0 saturated heterocycles. The summed E-state index contributed by atoms with van der Waals surface area (Å²) in [5.41, 5.74) is 0.338. The van der Waals surface area contributed by atoms with E-state index in [-0.39, 0.29) is 17.2 Å². The number of halogens is 1. The van der Waals surface area contributed by atoms with E-state index < -0.39 is 15.0 Å². The van der Waals surface area contributed by atoms with Crippen molar-refractivity contribution >= 4 is 33.9 Å². The molecule has 2 rings (SSSR count). The fourth-order valence-corrected chi connectivity index (χ4v) is 2.64. The highest BCUT2D eigenvalue weighted by Crippen LogP contribution is 2.21. The molecule has 0 spiro atoms. The molecule has 0 unspecified atom stereocenters. The van der Waals surface area contributed by atoms with E-state index in [0.29, 0.717) is 17.1 Å². The topological polar surface area (TPSA) is 113 Å². The Hall–Kier alpha value is -2.49. The first-order valence-electron chi connectivity index (χ1n) is 6.65. The van der Waals surface area contributed by atoms with Crippen molar-refractivity contribution < 1.29 is 27.1 Å². The Bertz CT molecular complexity index is 822. The number of nitro benzene ring substituents is 1. The minimum absolute atomic E-state index is 0.153. The highest BCUT2D eigenvalue weighted by Gasteiger charge is 2.17. The molecule has 0 saturated carbocycles. The van der Waals surface area contributed by atoms with Gasteiger partial charge < -0.3 is 4.74 Å². The third-order valence-electron chi connectivity index (χ3n) is 2.76. The Morgan fingerprint density at radius 2 is 1.72 bits per heavy atom. The van der Waals surface area contributed by atoms with Crippen molar-refractivity contribution in [2.24, 2.45) is 0 Å². The smallest absolute Gasteiger partial charge is 0.297 e. The largest absolute Gasteiger partial charge is 0.471 e. The van der Waals surface area contributed by atoms with E-state index in [4.69, 9.17) is 20.6 Å². The summed E-state index contributed by atoms with van der Waals surface area (Å²) in [7, 11) is -2.69. The zero-order valence-electron chi connectivity index (χ0n) is 13.0. The number of ether oxygens (including phenoxy) is 1.